The van der Waals surface area contributed by atoms with Crippen LogP contribution in [-0.4, -0.2) is 55.3 Å². The number of likely N-dealkylation sites (N-methyl/N-ethyl adjacent to an activating group) is 1. The Balaban J connectivity index is 1.96. The van der Waals surface area contributed by atoms with E-state index in [-0.39, 0.29) is 5.97 Å². The van der Waals surface area contributed by atoms with Crippen molar-refractivity contribution in [2.45, 2.75) is 6.92 Å². The summed E-state index contributed by atoms with van der Waals surface area (Å²) in [7, 11) is 2.12. The SMILES string of the molecule is CCOC(=O)c1cc(-n2cccc2)ccc1N1CCN(C)CC1. The van der Waals surface area contributed by atoms with Crippen molar-refractivity contribution in [3.63, 3.8) is 0 Å². The van der Waals surface area contributed by atoms with Crippen LogP contribution in [0.4, 0.5) is 5.69 Å². The van der Waals surface area contributed by atoms with Gasteiger partial charge < -0.3 is 19.1 Å². The van der Waals surface area contributed by atoms with Gasteiger partial charge in [0.1, 0.15) is 0 Å². The van der Waals surface area contributed by atoms with Gasteiger partial charge >= 0.3 is 5.97 Å². The van der Waals surface area contributed by atoms with Crippen molar-refractivity contribution >= 4 is 11.7 Å². The van der Waals surface area contributed by atoms with Crippen LogP contribution in [-0.2, 0) is 4.74 Å². The third-order valence-corrected chi connectivity index (χ3v) is 4.22. The number of carbonyl (C=O) groups is 1. The minimum absolute atomic E-state index is 0.254. The van der Waals surface area contributed by atoms with Crippen molar-refractivity contribution in [1.82, 2.24) is 9.47 Å². The molecule has 1 aliphatic heterocycles. The van der Waals surface area contributed by atoms with E-state index in [1.165, 1.54) is 0 Å². The Morgan fingerprint density at radius 1 is 1.13 bits per heavy atom. The predicted molar refractivity (Wildman–Crippen MR) is 91.4 cm³/mol. The minimum atomic E-state index is -0.254. The van der Waals surface area contributed by atoms with Crippen LogP contribution in [0.3, 0.4) is 0 Å². The Morgan fingerprint density at radius 2 is 1.83 bits per heavy atom. The molecule has 5 heteroatoms. The molecule has 0 atom stereocenters. The minimum Gasteiger partial charge on any atom is -0.462 e. The fourth-order valence-corrected chi connectivity index (χ4v) is 2.89. The van der Waals surface area contributed by atoms with Crippen LogP contribution in [0.5, 0.6) is 0 Å². The maximum absolute atomic E-state index is 12.4. The zero-order valence-electron chi connectivity index (χ0n) is 13.7. The predicted octanol–water partition coefficient (Wildman–Crippen LogP) is 2.41. The van der Waals surface area contributed by atoms with Gasteiger partial charge in [-0.2, -0.15) is 0 Å². The van der Waals surface area contributed by atoms with Gasteiger partial charge in [0.25, 0.3) is 0 Å². The smallest absolute Gasteiger partial charge is 0.340 e. The molecule has 2 heterocycles. The monoisotopic (exact) mass is 313 g/mol. The van der Waals surface area contributed by atoms with Crippen molar-refractivity contribution in [2.75, 3.05) is 44.7 Å². The van der Waals surface area contributed by atoms with Crippen LogP contribution < -0.4 is 4.90 Å². The summed E-state index contributed by atoms with van der Waals surface area (Å²) in [4.78, 5) is 17.0. The molecule has 0 N–H and O–H groups in total. The summed E-state index contributed by atoms with van der Waals surface area (Å²) in [6.45, 7) is 6.07. The Bertz CT molecular complexity index is 659. The highest BCUT2D eigenvalue weighted by molar-refractivity contribution is 5.96. The maximum atomic E-state index is 12.4. The van der Waals surface area contributed by atoms with E-state index >= 15 is 0 Å². The molecule has 23 heavy (non-hydrogen) atoms. The first-order valence-electron chi connectivity index (χ1n) is 8.07. The molecule has 0 radical (unpaired) electrons. The van der Waals surface area contributed by atoms with E-state index in [0.29, 0.717) is 12.2 Å². The molecule has 1 aromatic carbocycles. The Kier molecular flexibility index (Phi) is 4.67. The lowest BCUT2D eigenvalue weighted by Crippen LogP contribution is -2.45. The average molecular weight is 313 g/mol. The Hall–Kier alpha value is -2.27. The summed E-state index contributed by atoms with van der Waals surface area (Å²) in [5.74, 6) is -0.254. The lowest BCUT2D eigenvalue weighted by atomic mass is 10.1. The van der Waals surface area contributed by atoms with Gasteiger partial charge in [-0.3, -0.25) is 0 Å². The first-order valence-corrected chi connectivity index (χ1v) is 8.07. The average Bonchev–Trinajstić information content (AvgIpc) is 3.10. The highest BCUT2D eigenvalue weighted by atomic mass is 16.5. The maximum Gasteiger partial charge on any atom is 0.340 e. The van der Waals surface area contributed by atoms with Crippen LogP contribution in [0, 0.1) is 0 Å². The van der Waals surface area contributed by atoms with Gasteiger partial charge in [0.05, 0.1) is 17.9 Å². The number of piperazine rings is 1. The summed E-state index contributed by atoms with van der Waals surface area (Å²) in [6, 6.07) is 9.95. The first-order chi connectivity index (χ1) is 11.2. The van der Waals surface area contributed by atoms with Crippen LogP contribution in [0.2, 0.25) is 0 Å². The number of esters is 1. The van der Waals surface area contributed by atoms with Crippen LogP contribution in [0.15, 0.2) is 42.7 Å². The van der Waals surface area contributed by atoms with E-state index in [1.807, 2.05) is 48.1 Å². The van der Waals surface area contributed by atoms with Gasteiger partial charge in [-0.1, -0.05) is 0 Å². The number of hydrogen-bond acceptors (Lipinski definition) is 4. The molecule has 0 amide bonds. The van der Waals surface area contributed by atoms with Gasteiger partial charge in [0, 0.05) is 44.3 Å². The van der Waals surface area contributed by atoms with Crippen LogP contribution >= 0.6 is 0 Å². The highest BCUT2D eigenvalue weighted by Gasteiger charge is 2.21. The van der Waals surface area contributed by atoms with E-state index in [4.69, 9.17) is 4.74 Å². The third-order valence-electron chi connectivity index (χ3n) is 4.22. The van der Waals surface area contributed by atoms with Gasteiger partial charge in [0.15, 0.2) is 0 Å². The molecule has 1 aromatic heterocycles. The summed E-state index contributed by atoms with van der Waals surface area (Å²) < 4.78 is 7.26. The van der Waals surface area contributed by atoms with E-state index in [9.17, 15) is 4.79 Å². The highest BCUT2D eigenvalue weighted by Crippen LogP contribution is 2.26. The fourth-order valence-electron chi connectivity index (χ4n) is 2.89. The molecule has 0 unspecified atom stereocenters. The van der Waals surface area contributed by atoms with Crippen LogP contribution in [0.25, 0.3) is 5.69 Å². The summed E-state index contributed by atoms with van der Waals surface area (Å²) in [6.07, 6.45) is 3.94. The quantitative estimate of drug-likeness (QED) is 0.813. The topological polar surface area (TPSA) is 37.7 Å². The second-order valence-electron chi connectivity index (χ2n) is 5.80. The number of nitrogens with zero attached hydrogens (tertiary/aromatic N) is 3. The van der Waals surface area contributed by atoms with Gasteiger partial charge in [0.2, 0.25) is 0 Å². The van der Waals surface area contributed by atoms with Gasteiger partial charge in [-0.25, -0.2) is 4.79 Å². The zero-order valence-corrected chi connectivity index (χ0v) is 13.7. The number of rotatable bonds is 4. The summed E-state index contributed by atoms with van der Waals surface area (Å²) in [5, 5.41) is 0. The van der Waals surface area contributed by atoms with Crippen molar-refractivity contribution in [3.05, 3.63) is 48.3 Å². The molecule has 0 saturated carbocycles. The van der Waals surface area contributed by atoms with Gasteiger partial charge in [-0.15, -0.1) is 0 Å². The number of hydrogen-bond donors (Lipinski definition) is 0. The molecular weight excluding hydrogens is 290 g/mol. The van der Waals surface area contributed by atoms with Crippen molar-refractivity contribution < 1.29 is 9.53 Å². The van der Waals surface area contributed by atoms with E-state index in [2.05, 4.69) is 22.9 Å². The molecular formula is C18H23N3O2. The fraction of sp³-hybridized carbons (Fsp3) is 0.389. The molecule has 1 fully saturated rings. The molecule has 1 saturated heterocycles. The Labute approximate surface area is 137 Å². The molecule has 5 nitrogen and oxygen atoms in total. The van der Waals surface area contributed by atoms with E-state index in [1.54, 1.807) is 0 Å². The standard InChI is InChI=1S/C18H23N3O2/c1-3-23-18(22)16-14-15(20-8-4-5-9-20)6-7-17(16)21-12-10-19(2)11-13-21/h4-9,14H,3,10-13H2,1-2H3. The number of anilines is 1. The molecule has 1 aliphatic rings. The van der Waals surface area contributed by atoms with E-state index in [0.717, 1.165) is 37.6 Å². The molecule has 122 valence electrons. The summed E-state index contributed by atoms with van der Waals surface area (Å²) >= 11 is 0. The lowest BCUT2D eigenvalue weighted by Gasteiger charge is -2.35. The second kappa shape index (κ2) is 6.87. The van der Waals surface area contributed by atoms with E-state index < -0.39 is 0 Å². The first kappa shape index (κ1) is 15.6. The zero-order chi connectivity index (χ0) is 16.2. The number of benzene rings is 1. The second-order valence-corrected chi connectivity index (χ2v) is 5.80. The van der Waals surface area contributed by atoms with Crippen molar-refractivity contribution in [1.29, 1.82) is 0 Å². The van der Waals surface area contributed by atoms with Crippen LogP contribution in [0.1, 0.15) is 17.3 Å². The lowest BCUT2D eigenvalue weighted by molar-refractivity contribution is 0.0527. The molecule has 0 bridgehead atoms. The summed E-state index contributed by atoms with van der Waals surface area (Å²) in [5.41, 5.74) is 2.57. The molecule has 0 spiro atoms. The molecule has 0 aliphatic carbocycles. The molecule has 2 aromatic rings. The molecule has 3 rings (SSSR count). The third kappa shape index (κ3) is 3.40. The number of ether oxygens (including phenoxy) is 1. The number of carbonyl (C=O) groups excluding carboxylic acids is 1. The van der Waals surface area contributed by atoms with Crippen molar-refractivity contribution in [3.8, 4) is 5.69 Å². The largest absolute Gasteiger partial charge is 0.462 e. The normalized spacial score (nSPS) is 15.7. The van der Waals surface area contributed by atoms with Gasteiger partial charge in [-0.05, 0) is 44.3 Å². The number of aromatic nitrogens is 1. The Morgan fingerprint density at radius 3 is 2.48 bits per heavy atom. The van der Waals surface area contributed by atoms with Crippen molar-refractivity contribution in [2.24, 2.45) is 0 Å².